The molecule has 0 amide bonds. The van der Waals surface area contributed by atoms with E-state index >= 15 is 0 Å². The molecule has 3 N–H and O–H groups in total. The van der Waals surface area contributed by atoms with E-state index in [1.54, 1.807) is 6.07 Å². The third-order valence-electron chi connectivity index (χ3n) is 5.55. The molecular formula is C25H22FNO3S. The number of aryl methyl sites for hydroxylation is 1. The zero-order valence-corrected chi connectivity index (χ0v) is 17.7. The van der Waals surface area contributed by atoms with E-state index < -0.39 is 12.0 Å². The number of aromatic amines is 1. The summed E-state index contributed by atoms with van der Waals surface area (Å²) in [6, 6.07) is 15.6. The van der Waals surface area contributed by atoms with Crippen molar-refractivity contribution in [1.29, 1.82) is 0 Å². The normalized spacial score (nSPS) is 14.3. The zero-order chi connectivity index (χ0) is 22.0. The molecule has 2 unspecified atom stereocenters. The summed E-state index contributed by atoms with van der Waals surface area (Å²) in [5.74, 6) is -1.33. The second-order valence-corrected chi connectivity index (χ2v) is 8.29. The Labute approximate surface area is 183 Å². The average Bonchev–Trinajstić information content (AvgIpc) is 3.41. The molecule has 0 aliphatic rings. The van der Waals surface area contributed by atoms with Crippen LogP contribution in [-0.4, -0.2) is 27.6 Å². The summed E-state index contributed by atoms with van der Waals surface area (Å²) >= 11 is 1.47. The molecule has 2 heterocycles. The molecule has 4 rings (SSSR count). The van der Waals surface area contributed by atoms with Crippen molar-refractivity contribution in [2.75, 3.05) is 0 Å². The fourth-order valence-electron chi connectivity index (χ4n) is 3.95. The van der Waals surface area contributed by atoms with Gasteiger partial charge in [-0.2, -0.15) is 11.3 Å². The number of aliphatic hydroxyl groups excluding tert-OH is 2. The topological polar surface area (TPSA) is 73.3 Å². The van der Waals surface area contributed by atoms with Gasteiger partial charge in [-0.3, -0.25) is 4.79 Å². The molecule has 0 saturated heterocycles. The summed E-state index contributed by atoms with van der Waals surface area (Å²) < 4.78 is 13.8. The first-order valence-corrected chi connectivity index (χ1v) is 10.8. The number of halogens is 1. The van der Waals surface area contributed by atoms with E-state index in [2.05, 4.69) is 4.98 Å². The standard InChI is InChI=1S/C25H22FNO3S/c1-15-19-12-18(26)7-8-21(19)27-24(15)23(17-9-10-31-14-17)20(13-28)25(30)22(29)11-16-5-3-2-4-6-16/h2-10,12-14,22-23,27,29-30H,11H2,1H3/b25-20-. The summed E-state index contributed by atoms with van der Waals surface area (Å²) in [5, 5.41) is 26.1. The van der Waals surface area contributed by atoms with E-state index in [4.69, 9.17) is 0 Å². The number of aldehydes is 1. The van der Waals surface area contributed by atoms with Crippen LogP contribution < -0.4 is 0 Å². The van der Waals surface area contributed by atoms with Gasteiger partial charge < -0.3 is 15.2 Å². The minimum atomic E-state index is -1.23. The highest BCUT2D eigenvalue weighted by atomic mass is 32.1. The number of hydrogen-bond acceptors (Lipinski definition) is 4. The van der Waals surface area contributed by atoms with Gasteiger partial charge in [-0.05, 0) is 58.6 Å². The molecule has 0 fully saturated rings. The van der Waals surface area contributed by atoms with Crippen LogP contribution in [0.25, 0.3) is 10.9 Å². The molecule has 158 valence electrons. The van der Waals surface area contributed by atoms with Crippen LogP contribution >= 0.6 is 11.3 Å². The Hall–Kier alpha value is -3.22. The minimum absolute atomic E-state index is 0.0805. The number of nitrogens with one attached hydrogen (secondary N) is 1. The summed E-state index contributed by atoms with van der Waals surface area (Å²) in [6.07, 6.45) is -0.458. The molecular weight excluding hydrogens is 413 g/mol. The predicted octanol–water partition coefficient (Wildman–Crippen LogP) is 5.42. The lowest BCUT2D eigenvalue weighted by molar-refractivity contribution is -0.105. The lowest BCUT2D eigenvalue weighted by atomic mass is 9.86. The maximum Gasteiger partial charge on any atom is 0.150 e. The van der Waals surface area contributed by atoms with Gasteiger partial charge in [0.05, 0.1) is 5.92 Å². The van der Waals surface area contributed by atoms with E-state index in [-0.39, 0.29) is 23.6 Å². The Morgan fingerprint density at radius 1 is 1.19 bits per heavy atom. The SMILES string of the molecule is Cc1c(C(/C(C=O)=C(\O)C(O)Cc2ccccc2)c2ccsc2)[nH]c2ccc(F)cc12. The third-order valence-corrected chi connectivity index (χ3v) is 6.25. The van der Waals surface area contributed by atoms with E-state index in [0.717, 1.165) is 22.2 Å². The van der Waals surface area contributed by atoms with Crippen LogP contribution in [0.1, 0.15) is 28.3 Å². The zero-order valence-electron chi connectivity index (χ0n) is 16.9. The van der Waals surface area contributed by atoms with Crippen LogP contribution in [-0.2, 0) is 11.2 Å². The molecule has 0 saturated carbocycles. The van der Waals surface area contributed by atoms with Gasteiger partial charge in [0, 0.05) is 28.6 Å². The smallest absolute Gasteiger partial charge is 0.150 e. The van der Waals surface area contributed by atoms with E-state index in [1.807, 2.05) is 54.1 Å². The highest BCUT2D eigenvalue weighted by molar-refractivity contribution is 7.08. The highest BCUT2D eigenvalue weighted by Crippen LogP contribution is 2.38. The highest BCUT2D eigenvalue weighted by Gasteiger charge is 2.29. The quantitative estimate of drug-likeness (QED) is 0.206. The number of aromatic nitrogens is 1. The van der Waals surface area contributed by atoms with Crippen molar-refractivity contribution in [3.63, 3.8) is 0 Å². The number of aliphatic hydroxyl groups is 2. The van der Waals surface area contributed by atoms with Gasteiger partial charge in [0.25, 0.3) is 0 Å². The monoisotopic (exact) mass is 435 g/mol. The first-order chi connectivity index (χ1) is 15.0. The summed E-state index contributed by atoms with van der Waals surface area (Å²) in [5.41, 5.74) is 3.94. The fraction of sp³-hybridized carbons (Fsp3) is 0.160. The van der Waals surface area contributed by atoms with Crippen molar-refractivity contribution >= 4 is 28.5 Å². The van der Waals surface area contributed by atoms with Gasteiger partial charge >= 0.3 is 0 Å². The van der Waals surface area contributed by atoms with Crippen molar-refractivity contribution in [3.8, 4) is 0 Å². The summed E-state index contributed by atoms with van der Waals surface area (Å²) in [6.45, 7) is 1.85. The van der Waals surface area contributed by atoms with Gasteiger partial charge in [0.15, 0.2) is 6.29 Å². The Morgan fingerprint density at radius 2 is 1.97 bits per heavy atom. The van der Waals surface area contributed by atoms with Crippen molar-refractivity contribution in [2.24, 2.45) is 0 Å². The Morgan fingerprint density at radius 3 is 2.65 bits per heavy atom. The number of carbonyl (C=O) groups excluding carboxylic acids is 1. The van der Waals surface area contributed by atoms with E-state index in [0.29, 0.717) is 17.4 Å². The molecule has 2 aromatic carbocycles. The first-order valence-electron chi connectivity index (χ1n) is 9.89. The number of thiophene rings is 1. The minimum Gasteiger partial charge on any atom is -0.509 e. The molecule has 6 heteroatoms. The number of carbonyl (C=O) groups is 1. The summed E-state index contributed by atoms with van der Waals surface area (Å²) in [7, 11) is 0. The molecule has 4 aromatic rings. The van der Waals surface area contributed by atoms with Gasteiger partial charge in [0.1, 0.15) is 17.7 Å². The third kappa shape index (κ3) is 4.17. The van der Waals surface area contributed by atoms with Crippen LogP contribution in [0.5, 0.6) is 0 Å². The van der Waals surface area contributed by atoms with Crippen LogP contribution in [0.4, 0.5) is 4.39 Å². The maximum absolute atomic E-state index is 13.8. The maximum atomic E-state index is 13.8. The lowest BCUT2D eigenvalue weighted by Crippen LogP contribution is -2.19. The van der Waals surface area contributed by atoms with Crippen LogP contribution in [0.2, 0.25) is 0 Å². The van der Waals surface area contributed by atoms with Crippen molar-refractivity contribution in [2.45, 2.75) is 25.4 Å². The van der Waals surface area contributed by atoms with Gasteiger partial charge in [-0.15, -0.1) is 0 Å². The Balaban J connectivity index is 1.83. The van der Waals surface area contributed by atoms with Crippen molar-refractivity contribution in [3.05, 3.63) is 105 Å². The molecule has 0 aliphatic carbocycles. The first kappa shape index (κ1) is 21.0. The molecule has 4 nitrogen and oxygen atoms in total. The van der Waals surface area contributed by atoms with Gasteiger partial charge in [-0.25, -0.2) is 4.39 Å². The Kier molecular flexibility index (Phi) is 6.02. The number of allylic oxidation sites excluding steroid dienone is 1. The Bertz CT molecular complexity index is 1230. The fourth-order valence-corrected chi connectivity index (χ4v) is 4.64. The van der Waals surface area contributed by atoms with Crippen LogP contribution in [0.15, 0.2) is 76.7 Å². The van der Waals surface area contributed by atoms with Gasteiger partial charge in [0.2, 0.25) is 0 Å². The van der Waals surface area contributed by atoms with Crippen LogP contribution in [0.3, 0.4) is 0 Å². The van der Waals surface area contributed by atoms with Crippen LogP contribution in [0, 0.1) is 12.7 Å². The number of hydrogen-bond donors (Lipinski definition) is 3. The second-order valence-electron chi connectivity index (χ2n) is 7.51. The molecule has 31 heavy (non-hydrogen) atoms. The van der Waals surface area contributed by atoms with E-state index in [9.17, 15) is 19.4 Å². The number of rotatable bonds is 7. The number of benzene rings is 2. The number of H-pyrrole nitrogens is 1. The number of fused-ring (bicyclic) bond motifs is 1. The molecule has 0 aliphatic heterocycles. The lowest BCUT2D eigenvalue weighted by Gasteiger charge is -2.20. The molecule has 0 spiro atoms. The molecule has 0 radical (unpaired) electrons. The molecule has 0 bridgehead atoms. The largest absolute Gasteiger partial charge is 0.509 e. The van der Waals surface area contributed by atoms with Crippen molar-refractivity contribution in [1.82, 2.24) is 4.98 Å². The van der Waals surface area contributed by atoms with E-state index in [1.165, 1.54) is 23.5 Å². The van der Waals surface area contributed by atoms with Crippen molar-refractivity contribution < 1.29 is 19.4 Å². The summed E-state index contributed by atoms with van der Waals surface area (Å²) in [4.78, 5) is 15.5. The average molecular weight is 436 g/mol. The predicted molar refractivity (Wildman–Crippen MR) is 121 cm³/mol. The van der Waals surface area contributed by atoms with Gasteiger partial charge in [-0.1, -0.05) is 30.3 Å². The second kappa shape index (κ2) is 8.88. The molecule has 2 atom stereocenters. The molecule has 2 aromatic heterocycles.